The summed E-state index contributed by atoms with van der Waals surface area (Å²) in [5, 5.41) is 3.05. The van der Waals surface area contributed by atoms with Gasteiger partial charge in [0.2, 0.25) is 11.8 Å². The summed E-state index contributed by atoms with van der Waals surface area (Å²) in [6, 6.07) is 9.55. The van der Waals surface area contributed by atoms with Gasteiger partial charge in [-0.3, -0.25) is 14.5 Å². The van der Waals surface area contributed by atoms with Crippen molar-refractivity contribution in [3.63, 3.8) is 0 Å². The third-order valence-corrected chi connectivity index (χ3v) is 4.88. The highest BCUT2D eigenvalue weighted by Gasteiger charge is 2.17. The molecule has 0 radical (unpaired) electrons. The van der Waals surface area contributed by atoms with Crippen molar-refractivity contribution in [2.75, 3.05) is 45.7 Å². The Morgan fingerprint density at radius 1 is 1.03 bits per heavy atom. The molecule has 0 fully saturated rings. The zero-order chi connectivity index (χ0) is 23.7. The number of nitrogens with zero attached hydrogens (tertiary/aromatic N) is 2. The molecule has 0 saturated heterocycles. The summed E-state index contributed by atoms with van der Waals surface area (Å²) in [4.78, 5) is 27.9. The Morgan fingerprint density at radius 2 is 1.72 bits per heavy atom. The normalized spacial score (nSPS) is 10.7. The lowest BCUT2D eigenvalue weighted by molar-refractivity contribution is -0.131. The topological polar surface area (TPSA) is 71.1 Å². The van der Waals surface area contributed by atoms with Crippen molar-refractivity contribution in [2.45, 2.75) is 20.4 Å². The minimum absolute atomic E-state index is 0.00276. The second kappa shape index (κ2) is 12.3. The summed E-state index contributed by atoms with van der Waals surface area (Å²) in [6.07, 6.45) is 0. The largest absolute Gasteiger partial charge is 0.490 e. The van der Waals surface area contributed by atoms with Crippen LogP contribution < -0.4 is 14.8 Å². The van der Waals surface area contributed by atoms with E-state index in [1.165, 1.54) is 17.0 Å². The molecule has 0 aliphatic rings. The van der Waals surface area contributed by atoms with Crippen molar-refractivity contribution in [2.24, 2.45) is 0 Å². The quantitative estimate of drug-likeness (QED) is 0.546. The first-order valence-corrected chi connectivity index (χ1v) is 10.7. The van der Waals surface area contributed by atoms with E-state index in [1.807, 2.05) is 13.8 Å². The third-order valence-electron chi connectivity index (χ3n) is 4.53. The molecule has 0 bridgehead atoms. The van der Waals surface area contributed by atoms with Crippen LogP contribution in [0.25, 0.3) is 0 Å². The minimum Gasteiger partial charge on any atom is -0.490 e. The van der Waals surface area contributed by atoms with Crippen LogP contribution in [0.3, 0.4) is 0 Å². The predicted octanol–water partition coefficient (Wildman–Crippen LogP) is 3.81. The Labute approximate surface area is 193 Å². The average molecular weight is 466 g/mol. The van der Waals surface area contributed by atoms with Gasteiger partial charge in [0, 0.05) is 35.9 Å². The lowest BCUT2D eigenvalue weighted by Crippen LogP contribution is -2.39. The summed E-state index contributed by atoms with van der Waals surface area (Å²) in [6.45, 7) is 4.74. The highest BCUT2D eigenvalue weighted by molar-refractivity contribution is 6.31. The number of benzene rings is 2. The van der Waals surface area contributed by atoms with Gasteiger partial charge in [0.1, 0.15) is 5.82 Å². The zero-order valence-electron chi connectivity index (χ0n) is 18.8. The van der Waals surface area contributed by atoms with Crippen LogP contribution in [0.4, 0.5) is 10.1 Å². The number of nitrogens with one attached hydrogen (secondary N) is 1. The summed E-state index contributed by atoms with van der Waals surface area (Å²) in [7, 11) is 3.22. The molecule has 0 aromatic heterocycles. The smallest absolute Gasteiger partial charge is 0.238 e. The number of carbonyl (C=O) groups excluding carboxylic acids is 2. The van der Waals surface area contributed by atoms with Crippen molar-refractivity contribution >= 4 is 29.1 Å². The van der Waals surface area contributed by atoms with Gasteiger partial charge < -0.3 is 19.7 Å². The van der Waals surface area contributed by atoms with E-state index in [9.17, 15) is 14.0 Å². The Morgan fingerprint density at radius 3 is 2.38 bits per heavy atom. The van der Waals surface area contributed by atoms with Gasteiger partial charge >= 0.3 is 0 Å². The molecule has 0 spiro atoms. The Hall–Kier alpha value is -2.84. The molecule has 32 heavy (non-hydrogen) atoms. The number of hydrogen-bond acceptors (Lipinski definition) is 5. The van der Waals surface area contributed by atoms with Crippen LogP contribution in [0.5, 0.6) is 11.5 Å². The molecular weight excluding hydrogens is 437 g/mol. The van der Waals surface area contributed by atoms with Crippen LogP contribution in [-0.2, 0) is 16.1 Å². The molecule has 2 rings (SSSR count). The Kier molecular flexibility index (Phi) is 9.74. The molecule has 2 amide bonds. The number of ether oxygens (including phenoxy) is 2. The molecule has 1 N–H and O–H groups in total. The van der Waals surface area contributed by atoms with E-state index in [-0.39, 0.29) is 42.0 Å². The zero-order valence-corrected chi connectivity index (χ0v) is 19.5. The first-order chi connectivity index (χ1) is 15.2. The second-order valence-electron chi connectivity index (χ2n) is 7.20. The number of hydrogen-bond donors (Lipinski definition) is 1. The molecule has 0 aliphatic carbocycles. The Bertz CT molecular complexity index is 921. The van der Waals surface area contributed by atoms with E-state index in [0.29, 0.717) is 30.4 Å². The first-order valence-electron chi connectivity index (χ1n) is 10.3. The molecule has 0 unspecified atom stereocenters. The van der Waals surface area contributed by atoms with Gasteiger partial charge in [-0.05, 0) is 45.2 Å². The van der Waals surface area contributed by atoms with Gasteiger partial charge in [0.05, 0.1) is 26.3 Å². The average Bonchev–Trinajstić information content (AvgIpc) is 2.72. The van der Waals surface area contributed by atoms with Crippen LogP contribution in [-0.4, -0.2) is 62.0 Å². The van der Waals surface area contributed by atoms with Crippen LogP contribution >= 0.6 is 11.6 Å². The van der Waals surface area contributed by atoms with Gasteiger partial charge in [-0.2, -0.15) is 0 Å². The molecule has 2 aromatic carbocycles. The van der Waals surface area contributed by atoms with Crippen LogP contribution in [0.15, 0.2) is 36.4 Å². The lowest BCUT2D eigenvalue weighted by atomic mass is 10.2. The molecule has 174 valence electrons. The third kappa shape index (κ3) is 7.39. The maximum Gasteiger partial charge on any atom is 0.238 e. The van der Waals surface area contributed by atoms with Gasteiger partial charge in [0.15, 0.2) is 11.5 Å². The monoisotopic (exact) mass is 465 g/mol. The van der Waals surface area contributed by atoms with Crippen LogP contribution in [0, 0.1) is 5.82 Å². The van der Waals surface area contributed by atoms with E-state index < -0.39 is 5.82 Å². The van der Waals surface area contributed by atoms with E-state index in [4.69, 9.17) is 21.1 Å². The first kappa shape index (κ1) is 25.4. The van der Waals surface area contributed by atoms with Crippen molar-refractivity contribution < 1.29 is 23.5 Å². The van der Waals surface area contributed by atoms with Gasteiger partial charge in [0.25, 0.3) is 0 Å². The number of amides is 2. The fourth-order valence-electron chi connectivity index (χ4n) is 2.99. The van der Waals surface area contributed by atoms with E-state index in [2.05, 4.69) is 5.32 Å². The highest BCUT2D eigenvalue weighted by atomic mass is 35.5. The molecule has 0 heterocycles. The van der Waals surface area contributed by atoms with Crippen molar-refractivity contribution in [1.82, 2.24) is 9.80 Å². The lowest BCUT2D eigenvalue weighted by Gasteiger charge is -2.22. The van der Waals surface area contributed by atoms with Crippen molar-refractivity contribution in [3.8, 4) is 11.5 Å². The molecule has 2 aromatic rings. The number of carbonyl (C=O) groups is 2. The van der Waals surface area contributed by atoms with E-state index in [1.54, 1.807) is 43.3 Å². The van der Waals surface area contributed by atoms with E-state index in [0.717, 1.165) is 0 Å². The molecule has 7 nitrogen and oxygen atoms in total. The highest BCUT2D eigenvalue weighted by Crippen LogP contribution is 2.30. The molecule has 0 aliphatic heterocycles. The van der Waals surface area contributed by atoms with Crippen LogP contribution in [0.1, 0.15) is 19.4 Å². The number of halogens is 2. The van der Waals surface area contributed by atoms with E-state index >= 15 is 0 Å². The SMILES string of the molecule is CCOc1ccc(NC(=O)CN(C)CC(=O)N(C)Cc2c(F)cccc2Cl)cc1OCC. The molecule has 0 atom stereocenters. The van der Waals surface area contributed by atoms with Gasteiger partial charge in [-0.1, -0.05) is 17.7 Å². The van der Waals surface area contributed by atoms with Gasteiger partial charge in [-0.15, -0.1) is 0 Å². The number of rotatable bonds is 11. The van der Waals surface area contributed by atoms with Crippen molar-refractivity contribution in [1.29, 1.82) is 0 Å². The van der Waals surface area contributed by atoms with Crippen molar-refractivity contribution in [3.05, 3.63) is 52.8 Å². The number of anilines is 1. The molecular formula is C23H29ClFN3O4. The molecule has 0 saturated carbocycles. The molecule has 9 heteroatoms. The summed E-state index contributed by atoms with van der Waals surface area (Å²) in [5.74, 6) is 0.134. The van der Waals surface area contributed by atoms with Gasteiger partial charge in [-0.25, -0.2) is 4.39 Å². The van der Waals surface area contributed by atoms with Crippen LogP contribution in [0.2, 0.25) is 5.02 Å². The minimum atomic E-state index is -0.466. The fourth-order valence-corrected chi connectivity index (χ4v) is 3.21. The Balaban J connectivity index is 1.90. The summed E-state index contributed by atoms with van der Waals surface area (Å²) >= 11 is 6.03. The number of likely N-dealkylation sites (N-methyl/N-ethyl adjacent to an activating group) is 2. The second-order valence-corrected chi connectivity index (χ2v) is 7.61. The summed E-state index contributed by atoms with van der Waals surface area (Å²) in [5.41, 5.74) is 0.818. The standard InChI is InChI=1S/C23H29ClFN3O4/c1-5-31-20-11-10-16(12-21(20)32-6-2)26-22(29)14-27(3)15-23(30)28(4)13-17-18(24)8-7-9-19(17)25/h7-12H,5-6,13-15H2,1-4H3,(H,26,29). The fraction of sp³-hybridized carbons (Fsp3) is 0.391. The maximum atomic E-state index is 14.0. The summed E-state index contributed by atoms with van der Waals surface area (Å²) < 4.78 is 25.0. The maximum absolute atomic E-state index is 14.0. The predicted molar refractivity (Wildman–Crippen MR) is 123 cm³/mol.